The number of nitrogens with zero attached hydrogens (tertiary/aromatic N) is 1. The van der Waals surface area contributed by atoms with Crippen molar-refractivity contribution >= 4 is 5.97 Å². The molecule has 0 aliphatic rings. The monoisotopic (exact) mass is 209 g/mol. The third kappa shape index (κ3) is 6.73. The minimum Gasteiger partial charge on any atom is -0.459 e. The van der Waals surface area contributed by atoms with Gasteiger partial charge < -0.3 is 4.74 Å². The van der Waals surface area contributed by atoms with E-state index < -0.39 is 5.97 Å². The number of rotatable bonds is 6. The van der Waals surface area contributed by atoms with Crippen molar-refractivity contribution in [1.29, 1.82) is 5.26 Å². The normalized spacial score (nSPS) is 11.9. The molecule has 0 radical (unpaired) electrons. The molecule has 0 amide bonds. The van der Waals surface area contributed by atoms with Gasteiger partial charge in [0.15, 0.2) is 0 Å². The number of carbonyl (C=O) groups excluding carboxylic acids is 1. The van der Waals surface area contributed by atoms with Crippen LogP contribution in [-0.2, 0) is 9.53 Å². The molecule has 0 fully saturated rings. The van der Waals surface area contributed by atoms with Gasteiger partial charge in [-0.1, -0.05) is 26.8 Å². The predicted molar refractivity (Wildman–Crippen MR) is 59.0 cm³/mol. The number of hydrogen-bond donors (Lipinski definition) is 0. The molecule has 0 aromatic rings. The highest BCUT2D eigenvalue weighted by molar-refractivity contribution is 5.91. The van der Waals surface area contributed by atoms with Gasteiger partial charge in [-0.15, -0.1) is 0 Å². The first-order chi connectivity index (χ1) is 6.97. The summed E-state index contributed by atoms with van der Waals surface area (Å²) in [5, 5.41) is 8.42. The van der Waals surface area contributed by atoms with Gasteiger partial charge in [-0.25, -0.2) is 4.79 Å². The summed E-state index contributed by atoms with van der Waals surface area (Å²) in [6, 6.07) is 1.68. The molecule has 3 nitrogen and oxygen atoms in total. The lowest BCUT2D eigenvalue weighted by Gasteiger charge is -2.13. The smallest absolute Gasteiger partial charge is 0.348 e. The molecule has 0 aliphatic heterocycles. The Balaban J connectivity index is 3.75. The maximum absolute atomic E-state index is 11.1. The van der Waals surface area contributed by atoms with Crippen LogP contribution < -0.4 is 0 Å². The molecule has 0 aliphatic carbocycles. The molecular weight excluding hydrogens is 190 g/mol. The fourth-order valence-electron chi connectivity index (χ4n) is 1.17. The van der Waals surface area contributed by atoms with Gasteiger partial charge in [0.25, 0.3) is 0 Å². The molecular formula is C12H19NO2. The fraction of sp³-hybridized carbons (Fsp3) is 0.667. The molecule has 1 unspecified atom stereocenters. The molecule has 0 spiro atoms. The maximum Gasteiger partial charge on any atom is 0.348 e. The van der Waals surface area contributed by atoms with E-state index in [1.54, 1.807) is 6.07 Å². The van der Waals surface area contributed by atoms with Crippen LogP contribution in [0.15, 0.2) is 12.2 Å². The van der Waals surface area contributed by atoms with Crippen molar-refractivity contribution in [2.45, 2.75) is 46.1 Å². The van der Waals surface area contributed by atoms with E-state index in [1.165, 1.54) is 0 Å². The zero-order valence-electron chi connectivity index (χ0n) is 9.75. The van der Waals surface area contributed by atoms with Crippen LogP contribution in [0.25, 0.3) is 0 Å². The molecule has 0 aromatic carbocycles. The van der Waals surface area contributed by atoms with Crippen molar-refractivity contribution in [1.82, 2.24) is 0 Å². The molecule has 1 atom stereocenters. The van der Waals surface area contributed by atoms with Crippen molar-refractivity contribution < 1.29 is 9.53 Å². The highest BCUT2D eigenvalue weighted by Crippen LogP contribution is 2.11. The van der Waals surface area contributed by atoms with E-state index in [0.717, 1.165) is 19.3 Å². The van der Waals surface area contributed by atoms with E-state index in [4.69, 9.17) is 10.00 Å². The van der Waals surface area contributed by atoms with Crippen molar-refractivity contribution in [3.63, 3.8) is 0 Å². The molecule has 0 aromatic heterocycles. The molecule has 0 heterocycles. The minimum atomic E-state index is -0.602. The van der Waals surface area contributed by atoms with Crippen LogP contribution in [0.1, 0.15) is 40.0 Å². The zero-order chi connectivity index (χ0) is 11.8. The van der Waals surface area contributed by atoms with Crippen molar-refractivity contribution in [2.75, 3.05) is 0 Å². The van der Waals surface area contributed by atoms with Crippen molar-refractivity contribution in [2.24, 2.45) is 5.92 Å². The number of esters is 1. The molecule has 0 N–H and O–H groups in total. The summed E-state index contributed by atoms with van der Waals surface area (Å²) < 4.78 is 5.02. The van der Waals surface area contributed by atoms with E-state index >= 15 is 0 Å². The van der Waals surface area contributed by atoms with E-state index in [0.29, 0.717) is 5.92 Å². The van der Waals surface area contributed by atoms with Gasteiger partial charge >= 0.3 is 5.97 Å². The Labute approximate surface area is 91.7 Å². The van der Waals surface area contributed by atoms with Gasteiger partial charge in [0.05, 0.1) is 6.10 Å². The zero-order valence-corrected chi connectivity index (χ0v) is 9.75. The summed E-state index contributed by atoms with van der Waals surface area (Å²) in [6.45, 7) is 9.46. The van der Waals surface area contributed by atoms with Crippen molar-refractivity contribution in [3.05, 3.63) is 12.2 Å². The summed E-state index contributed by atoms with van der Waals surface area (Å²) in [6.07, 6.45) is 2.86. The molecule has 0 saturated carbocycles. The van der Waals surface area contributed by atoms with Crippen molar-refractivity contribution in [3.8, 4) is 6.07 Å². The third-order valence-electron chi connectivity index (χ3n) is 2.08. The van der Waals surface area contributed by atoms with E-state index in [2.05, 4.69) is 20.4 Å². The fourth-order valence-corrected chi connectivity index (χ4v) is 1.17. The average molecular weight is 209 g/mol. The molecule has 3 heteroatoms. The van der Waals surface area contributed by atoms with Gasteiger partial charge in [0.2, 0.25) is 0 Å². The van der Waals surface area contributed by atoms with Gasteiger partial charge in [-0.3, -0.25) is 0 Å². The van der Waals surface area contributed by atoms with E-state index in [-0.39, 0.29) is 11.7 Å². The summed E-state index contributed by atoms with van der Waals surface area (Å²) in [4.78, 5) is 11.1. The van der Waals surface area contributed by atoms with Crippen LogP contribution >= 0.6 is 0 Å². The Morgan fingerprint density at radius 1 is 1.40 bits per heavy atom. The van der Waals surface area contributed by atoms with Crippen LogP contribution in [0.4, 0.5) is 0 Å². The van der Waals surface area contributed by atoms with E-state index in [9.17, 15) is 4.79 Å². The second-order valence-electron chi connectivity index (χ2n) is 4.13. The quantitative estimate of drug-likeness (QED) is 0.384. The van der Waals surface area contributed by atoms with Gasteiger partial charge in [0, 0.05) is 0 Å². The number of carbonyl (C=O) groups is 1. The summed E-state index contributed by atoms with van der Waals surface area (Å²) in [7, 11) is 0. The highest BCUT2D eigenvalue weighted by Gasteiger charge is 2.12. The topological polar surface area (TPSA) is 50.1 Å². The lowest BCUT2D eigenvalue weighted by molar-refractivity contribution is -0.143. The van der Waals surface area contributed by atoms with Gasteiger partial charge in [-0.05, 0) is 25.7 Å². The van der Waals surface area contributed by atoms with E-state index in [1.807, 2.05) is 6.92 Å². The number of nitriles is 1. The Bertz CT molecular complexity index is 263. The van der Waals surface area contributed by atoms with Gasteiger partial charge in [-0.2, -0.15) is 5.26 Å². The Morgan fingerprint density at radius 3 is 2.47 bits per heavy atom. The second kappa shape index (κ2) is 7.05. The Morgan fingerprint density at radius 2 is 2.00 bits per heavy atom. The maximum atomic E-state index is 11.1. The molecule has 0 saturated heterocycles. The lowest BCUT2D eigenvalue weighted by Crippen LogP contribution is -2.15. The number of ether oxygens (including phenoxy) is 1. The van der Waals surface area contributed by atoms with Crippen LogP contribution in [-0.4, -0.2) is 12.1 Å². The summed E-state index contributed by atoms with van der Waals surface area (Å²) >= 11 is 0. The highest BCUT2D eigenvalue weighted by atomic mass is 16.5. The average Bonchev–Trinajstić information content (AvgIpc) is 2.15. The first kappa shape index (κ1) is 13.7. The number of hydrogen-bond acceptors (Lipinski definition) is 3. The standard InChI is InChI=1S/C12H19NO2/c1-9(2)6-5-7-11(4)15-12(14)10(3)8-13/h9,11H,3,5-7H2,1-2,4H3. The molecule has 0 rings (SSSR count). The first-order valence-corrected chi connectivity index (χ1v) is 5.27. The van der Waals surface area contributed by atoms with Gasteiger partial charge in [0.1, 0.15) is 11.6 Å². The Kier molecular flexibility index (Phi) is 6.44. The summed E-state index contributed by atoms with van der Waals surface area (Å²) in [5.74, 6) is 0.0662. The minimum absolute atomic E-state index is 0.134. The largest absolute Gasteiger partial charge is 0.459 e. The lowest BCUT2D eigenvalue weighted by atomic mass is 10.0. The molecule has 15 heavy (non-hydrogen) atoms. The van der Waals surface area contributed by atoms with Crippen LogP contribution in [0.5, 0.6) is 0 Å². The third-order valence-corrected chi connectivity index (χ3v) is 2.08. The SMILES string of the molecule is C=C(C#N)C(=O)OC(C)CCCC(C)C. The second-order valence-corrected chi connectivity index (χ2v) is 4.13. The van der Waals surface area contributed by atoms with Crippen LogP contribution in [0.3, 0.4) is 0 Å². The molecule has 0 bridgehead atoms. The predicted octanol–water partition coefficient (Wildman–Crippen LogP) is 2.82. The Hall–Kier alpha value is -1.30. The summed E-state index contributed by atoms with van der Waals surface area (Å²) in [5.41, 5.74) is -0.134. The van der Waals surface area contributed by atoms with Crippen LogP contribution in [0.2, 0.25) is 0 Å². The van der Waals surface area contributed by atoms with Crippen LogP contribution in [0, 0.1) is 17.2 Å². The molecule has 84 valence electrons. The first-order valence-electron chi connectivity index (χ1n) is 5.27.